The SMILES string of the molecule is O=C1C(Cl)=C(Cl)C(=NC(=NS(=O)(=O)c2ccccc2)c2ccccc2)C(Cl)(Cl)C1(Cl)Cl. The number of aliphatic imine (C=N–C) groups is 1. The number of halogens is 6. The third-order valence-corrected chi connectivity index (χ3v) is 8.40. The number of benzene rings is 2. The second kappa shape index (κ2) is 9.02. The Bertz CT molecular complexity index is 1220. The van der Waals surface area contributed by atoms with Gasteiger partial charge in [-0.2, -0.15) is 8.42 Å². The number of nitrogens with zero attached hydrogens (tertiary/aromatic N) is 2. The van der Waals surface area contributed by atoms with E-state index in [1.807, 2.05) is 0 Å². The molecule has 0 N–H and O–H groups in total. The highest BCUT2D eigenvalue weighted by Crippen LogP contribution is 2.52. The lowest BCUT2D eigenvalue weighted by molar-refractivity contribution is -0.115. The Morgan fingerprint density at radius 2 is 1.29 bits per heavy atom. The fraction of sp³-hybridized carbons (Fsp3) is 0.105. The van der Waals surface area contributed by atoms with Gasteiger partial charge in [-0.15, -0.1) is 4.40 Å². The molecular formula is C19H10Cl6N2O3S. The standard InChI is InChI=1S/C19H10Cl6N2O3S/c20-13-14(21)16(28)19(24,25)18(22,23)15(13)26-17(11-7-3-1-4-8-11)27-31(29,30)12-9-5-2-6-10-12/h1-10H. The van der Waals surface area contributed by atoms with Crippen molar-refractivity contribution in [2.45, 2.75) is 13.6 Å². The van der Waals surface area contributed by atoms with E-state index in [0.29, 0.717) is 0 Å². The van der Waals surface area contributed by atoms with Crippen LogP contribution in [0.1, 0.15) is 5.56 Å². The Hall–Kier alpha value is -1.12. The molecule has 0 unspecified atom stereocenters. The molecule has 0 radical (unpaired) electrons. The first-order chi connectivity index (χ1) is 14.4. The van der Waals surface area contributed by atoms with E-state index in [1.54, 1.807) is 48.5 Å². The van der Waals surface area contributed by atoms with Gasteiger partial charge in [-0.1, -0.05) is 118 Å². The normalized spacial score (nSPS) is 20.3. The number of ketones is 1. The van der Waals surface area contributed by atoms with Crippen LogP contribution in [0.3, 0.4) is 0 Å². The molecule has 0 aromatic heterocycles. The van der Waals surface area contributed by atoms with Crippen LogP contribution >= 0.6 is 69.6 Å². The lowest BCUT2D eigenvalue weighted by Gasteiger charge is -2.36. The molecular weight excluding hydrogens is 549 g/mol. The van der Waals surface area contributed by atoms with Crippen molar-refractivity contribution in [1.29, 1.82) is 0 Å². The van der Waals surface area contributed by atoms with Crippen molar-refractivity contribution in [2.75, 3.05) is 0 Å². The van der Waals surface area contributed by atoms with Crippen LogP contribution in [-0.2, 0) is 14.8 Å². The maximum Gasteiger partial charge on any atom is 0.284 e. The Kier molecular flexibility index (Phi) is 7.14. The van der Waals surface area contributed by atoms with Crippen molar-refractivity contribution >= 4 is 97.0 Å². The van der Waals surface area contributed by atoms with Gasteiger partial charge in [0.15, 0.2) is 5.84 Å². The fourth-order valence-corrected chi connectivity index (χ4v) is 4.97. The van der Waals surface area contributed by atoms with E-state index < -0.39 is 40.2 Å². The van der Waals surface area contributed by atoms with Gasteiger partial charge in [-0.25, -0.2) is 4.99 Å². The van der Waals surface area contributed by atoms with Crippen molar-refractivity contribution in [3.63, 3.8) is 0 Å². The summed E-state index contributed by atoms with van der Waals surface area (Å²) in [7, 11) is -4.20. The minimum Gasteiger partial charge on any atom is -0.290 e. The predicted molar refractivity (Wildman–Crippen MR) is 127 cm³/mol. The summed E-state index contributed by atoms with van der Waals surface area (Å²) in [6, 6.07) is 15.6. The summed E-state index contributed by atoms with van der Waals surface area (Å²) in [5.41, 5.74) is -0.149. The first kappa shape index (κ1) is 24.5. The number of Topliss-reactive ketones (excluding diaryl/α,β-unsaturated/α-hetero) is 1. The molecule has 0 atom stereocenters. The van der Waals surface area contributed by atoms with Gasteiger partial charge in [0, 0.05) is 5.56 Å². The number of sulfonamides is 1. The zero-order chi connectivity index (χ0) is 23.0. The number of allylic oxidation sites excluding steroid dienone is 2. The maximum absolute atomic E-state index is 12.8. The van der Waals surface area contributed by atoms with Gasteiger partial charge in [0.25, 0.3) is 10.0 Å². The zero-order valence-electron chi connectivity index (χ0n) is 15.1. The summed E-state index contributed by atoms with van der Waals surface area (Å²) in [4.78, 5) is 16.4. The van der Waals surface area contributed by atoms with Crippen LogP contribution in [0.5, 0.6) is 0 Å². The Morgan fingerprint density at radius 1 is 0.774 bits per heavy atom. The predicted octanol–water partition coefficient (Wildman–Crippen LogP) is 5.88. The van der Waals surface area contributed by atoms with Crippen molar-refractivity contribution < 1.29 is 13.2 Å². The molecule has 0 saturated carbocycles. The topological polar surface area (TPSA) is 75.9 Å². The smallest absolute Gasteiger partial charge is 0.284 e. The summed E-state index contributed by atoms with van der Waals surface area (Å²) in [6.45, 7) is 0. The molecule has 1 aliphatic rings. The molecule has 2 aromatic rings. The van der Waals surface area contributed by atoms with Gasteiger partial charge in [0.2, 0.25) is 14.4 Å². The molecule has 31 heavy (non-hydrogen) atoms. The van der Waals surface area contributed by atoms with Crippen LogP contribution in [0.15, 0.2) is 85.0 Å². The lowest BCUT2D eigenvalue weighted by Crippen LogP contribution is -2.53. The molecule has 0 aliphatic heterocycles. The molecule has 0 fully saturated rings. The second-order valence-corrected chi connectivity index (χ2v) is 11.2. The molecule has 1 aliphatic carbocycles. The van der Waals surface area contributed by atoms with Gasteiger partial charge < -0.3 is 0 Å². The van der Waals surface area contributed by atoms with E-state index in [1.165, 1.54) is 12.1 Å². The van der Waals surface area contributed by atoms with Crippen LogP contribution in [-0.4, -0.2) is 34.4 Å². The van der Waals surface area contributed by atoms with E-state index in [-0.39, 0.29) is 16.3 Å². The molecule has 162 valence electrons. The van der Waals surface area contributed by atoms with E-state index >= 15 is 0 Å². The van der Waals surface area contributed by atoms with Gasteiger partial charge in [-0.05, 0) is 12.1 Å². The molecule has 0 heterocycles. The number of hydrogen-bond acceptors (Lipinski definition) is 3. The summed E-state index contributed by atoms with van der Waals surface area (Å²) in [5, 5.41) is -0.991. The van der Waals surface area contributed by atoms with E-state index in [2.05, 4.69) is 9.39 Å². The van der Waals surface area contributed by atoms with Gasteiger partial charge in [0.1, 0.15) is 10.7 Å². The largest absolute Gasteiger partial charge is 0.290 e. The highest BCUT2D eigenvalue weighted by Gasteiger charge is 2.61. The Morgan fingerprint density at radius 3 is 1.84 bits per heavy atom. The molecule has 12 heteroatoms. The van der Waals surface area contributed by atoms with Crippen molar-refractivity contribution in [1.82, 2.24) is 0 Å². The summed E-state index contributed by atoms with van der Waals surface area (Å²) < 4.78 is 24.7. The Labute approximate surface area is 208 Å². The molecule has 0 amide bonds. The van der Waals surface area contributed by atoms with Crippen molar-refractivity contribution in [2.24, 2.45) is 9.39 Å². The van der Waals surface area contributed by atoms with Crippen LogP contribution in [0.2, 0.25) is 0 Å². The Balaban J connectivity index is 2.30. The summed E-state index contributed by atoms with van der Waals surface area (Å²) in [5.74, 6) is -1.35. The minimum atomic E-state index is -4.20. The van der Waals surface area contributed by atoms with Crippen LogP contribution < -0.4 is 0 Å². The van der Waals surface area contributed by atoms with Crippen molar-refractivity contribution in [3.8, 4) is 0 Å². The highest BCUT2D eigenvalue weighted by atomic mass is 35.5. The summed E-state index contributed by atoms with van der Waals surface area (Å²) in [6.07, 6.45) is 0. The molecule has 2 aromatic carbocycles. The van der Waals surface area contributed by atoms with E-state index in [0.717, 1.165) is 0 Å². The van der Waals surface area contributed by atoms with Crippen LogP contribution in [0, 0.1) is 0 Å². The number of alkyl halides is 4. The molecule has 0 bridgehead atoms. The number of rotatable bonds is 3. The lowest BCUT2D eigenvalue weighted by atomic mass is 10.0. The quantitative estimate of drug-likeness (QED) is 0.268. The molecule has 0 spiro atoms. The van der Waals surface area contributed by atoms with Gasteiger partial charge in [0.05, 0.1) is 9.93 Å². The number of hydrogen-bond donors (Lipinski definition) is 0. The monoisotopic (exact) mass is 556 g/mol. The van der Waals surface area contributed by atoms with Crippen molar-refractivity contribution in [3.05, 3.63) is 76.3 Å². The van der Waals surface area contributed by atoms with Gasteiger partial charge >= 0.3 is 0 Å². The van der Waals surface area contributed by atoms with E-state index in [4.69, 9.17) is 69.6 Å². The average molecular weight is 559 g/mol. The first-order valence-electron chi connectivity index (χ1n) is 8.30. The average Bonchev–Trinajstić information content (AvgIpc) is 2.75. The first-order valence-corrected chi connectivity index (χ1v) is 12.0. The molecule has 3 rings (SSSR count). The van der Waals surface area contributed by atoms with E-state index in [9.17, 15) is 13.2 Å². The second-order valence-electron chi connectivity index (χ2n) is 6.14. The third kappa shape index (κ3) is 4.67. The number of amidine groups is 1. The van der Waals surface area contributed by atoms with Gasteiger partial charge in [-0.3, -0.25) is 4.79 Å². The molecule has 0 saturated heterocycles. The minimum absolute atomic E-state index is 0.0748. The number of carbonyl (C=O) groups is 1. The highest BCUT2D eigenvalue weighted by molar-refractivity contribution is 7.90. The molecule has 5 nitrogen and oxygen atoms in total. The summed E-state index contributed by atoms with van der Waals surface area (Å²) >= 11 is 36.8. The third-order valence-electron chi connectivity index (χ3n) is 4.07. The number of carbonyl (C=O) groups excluding carboxylic acids is 1. The zero-order valence-corrected chi connectivity index (χ0v) is 20.4. The fourth-order valence-electron chi connectivity index (χ4n) is 2.48. The maximum atomic E-state index is 12.8. The van der Waals surface area contributed by atoms with Crippen LogP contribution in [0.25, 0.3) is 0 Å². The van der Waals surface area contributed by atoms with Crippen LogP contribution in [0.4, 0.5) is 0 Å².